The summed E-state index contributed by atoms with van der Waals surface area (Å²) in [6, 6.07) is 18.2. The molecule has 0 bridgehead atoms. The van der Waals surface area contributed by atoms with E-state index in [1.165, 1.54) is 23.3 Å². The Bertz CT molecular complexity index is 1010. The van der Waals surface area contributed by atoms with Crippen LogP contribution in [0.15, 0.2) is 66.9 Å². The van der Waals surface area contributed by atoms with Crippen molar-refractivity contribution < 1.29 is 13.2 Å². The number of hydrogen-bond donors (Lipinski definition) is 0. The van der Waals surface area contributed by atoms with Gasteiger partial charge in [-0.05, 0) is 61.6 Å². The Labute approximate surface area is 181 Å². The minimum atomic E-state index is -4.32. The molecule has 0 N–H and O–H groups in total. The number of piperidine rings is 1. The topological polar surface area (TPSA) is 16.1 Å². The van der Waals surface area contributed by atoms with Crippen LogP contribution in [0, 0.1) is 6.92 Å². The van der Waals surface area contributed by atoms with E-state index in [1.807, 2.05) is 18.3 Å². The number of benzene rings is 2. The van der Waals surface area contributed by atoms with Gasteiger partial charge in [0.25, 0.3) is 0 Å². The van der Waals surface area contributed by atoms with Crippen LogP contribution in [-0.4, -0.2) is 23.0 Å². The second-order valence-electron chi connectivity index (χ2n) is 8.53. The predicted octanol–water partition coefficient (Wildman–Crippen LogP) is 6.38. The summed E-state index contributed by atoms with van der Waals surface area (Å²) in [5.74, 6) is 0.390. The van der Waals surface area contributed by atoms with Crippen molar-refractivity contribution in [2.45, 2.75) is 44.8 Å². The molecule has 1 saturated heterocycles. The van der Waals surface area contributed by atoms with Crippen molar-refractivity contribution in [3.63, 3.8) is 0 Å². The molecule has 0 aliphatic carbocycles. The minimum Gasteiger partial charge on any atom is -0.298 e. The summed E-state index contributed by atoms with van der Waals surface area (Å²) in [5.41, 5.74) is 4.66. The quantitative estimate of drug-likeness (QED) is 0.472. The highest BCUT2D eigenvalue weighted by Gasteiger charge is 2.30. The van der Waals surface area contributed by atoms with Gasteiger partial charge in [-0.2, -0.15) is 13.2 Å². The standard InChI is InChI=1S/C26H27F3N2/c1-19-5-2-7-22(13-19)17-31-12-4-8-23(18-31)25-11-10-21(16-30-25)14-20-6-3-9-24(15-20)26(27,28)29/h2-3,5-7,9-11,13,15-16,23H,4,8,12,14,17-18H2,1H3. The number of hydrogen-bond acceptors (Lipinski definition) is 2. The molecule has 2 nitrogen and oxygen atoms in total. The molecule has 0 radical (unpaired) electrons. The van der Waals surface area contributed by atoms with Gasteiger partial charge >= 0.3 is 6.18 Å². The van der Waals surface area contributed by atoms with E-state index in [1.54, 1.807) is 6.07 Å². The average Bonchev–Trinajstić information content (AvgIpc) is 2.74. The number of likely N-dealkylation sites (tertiary alicyclic amines) is 1. The molecule has 1 aliphatic rings. The molecule has 1 aromatic heterocycles. The Morgan fingerprint density at radius 3 is 2.52 bits per heavy atom. The Kier molecular flexibility index (Phi) is 6.42. The van der Waals surface area contributed by atoms with Crippen LogP contribution < -0.4 is 0 Å². The van der Waals surface area contributed by atoms with Gasteiger partial charge in [-0.1, -0.05) is 54.1 Å². The van der Waals surface area contributed by atoms with E-state index in [9.17, 15) is 13.2 Å². The van der Waals surface area contributed by atoms with Crippen LogP contribution in [0.25, 0.3) is 0 Å². The number of pyridine rings is 1. The van der Waals surface area contributed by atoms with Crippen molar-refractivity contribution in [3.8, 4) is 0 Å². The highest BCUT2D eigenvalue weighted by Crippen LogP contribution is 2.30. The Hall–Kier alpha value is -2.66. The fourth-order valence-electron chi connectivity index (χ4n) is 4.38. The van der Waals surface area contributed by atoms with Crippen molar-refractivity contribution >= 4 is 0 Å². The first-order valence-corrected chi connectivity index (χ1v) is 10.8. The average molecular weight is 425 g/mol. The van der Waals surface area contributed by atoms with Gasteiger partial charge in [0, 0.05) is 30.9 Å². The highest BCUT2D eigenvalue weighted by atomic mass is 19.4. The van der Waals surface area contributed by atoms with E-state index in [4.69, 9.17) is 0 Å². The third-order valence-corrected chi connectivity index (χ3v) is 5.92. The summed E-state index contributed by atoms with van der Waals surface area (Å²) >= 11 is 0. The van der Waals surface area contributed by atoms with Crippen LogP contribution in [0.5, 0.6) is 0 Å². The second kappa shape index (κ2) is 9.23. The molecular formula is C26H27F3N2. The Morgan fingerprint density at radius 2 is 1.77 bits per heavy atom. The first-order valence-electron chi connectivity index (χ1n) is 10.8. The lowest BCUT2D eigenvalue weighted by molar-refractivity contribution is -0.137. The maximum atomic E-state index is 12.9. The minimum absolute atomic E-state index is 0.390. The van der Waals surface area contributed by atoms with E-state index in [-0.39, 0.29) is 0 Å². The van der Waals surface area contributed by atoms with Crippen molar-refractivity contribution in [2.75, 3.05) is 13.1 Å². The lowest BCUT2D eigenvalue weighted by Crippen LogP contribution is -2.34. The van der Waals surface area contributed by atoms with Crippen LogP contribution in [0.1, 0.15) is 52.3 Å². The Balaban J connectivity index is 1.39. The third-order valence-electron chi connectivity index (χ3n) is 5.92. The molecule has 0 amide bonds. The molecule has 31 heavy (non-hydrogen) atoms. The van der Waals surface area contributed by atoms with Gasteiger partial charge in [-0.25, -0.2) is 0 Å². The van der Waals surface area contributed by atoms with Crippen LogP contribution in [0.2, 0.25) is 0 Å². The molecule has 5 heteroatoms. The molecule has 2 heterocycles. The molecule has 162 valence electrons. The van der Waals surface area contributed by atoms with Gasteiger partial charge in [-0.3, -0.25) is 9.88 Å². The van der Waals surface area contributed by atoms with Gasteiger partial charge in [0.1, 0.15) is 0 Å². The van der Waals surface area contributed by atoms with Crippen LogP contribution in [0.4, 0.5) is 13.2 Å². The van der Waals surface area contributed by atoms with Crippen molar-refractivity contribution in [2.24, 2.45) is 0 Å². The monoisotopic (exact) mass is 424 g/mol. The first-order chi connectivity index (χ1) is 14.9. The van der Waals surface area contributed by atoms with Gasteiger partial charge in [0.15, 0.2) is 0 Å². The summed E-state index contributed by atoms with van der Waals surface area (Å²) < 4.78 is 38.8. The molecule has 0 spiro atoms. The van der Waals surface area contributed by atoms with E-state index >= 15 is 0 Å². The molecule has 1 aliphatic heterocycles. The van der Waals surface area contributed by atoms with Crippen molar-refractivity contribution in [3.05, 3.63) is 100 Å². The lowest BCUT2D eigenvalue weighted by Gasteiger charge is -2.32. The number of nitrogens with zero attached hydrogens (tertiary/aromatic N) is 2. The van der Waals surface area contributed by atoms with Crippen molar-refractivity contribution in [1.29, 1.82) is 0 Å². The molecule has 4 rings (SSSR count). The largest absolute Gasteiger partial charge is 0.416 e. The predicted molar refractivity (Wildman–Crippen MR) is 117 cm³/mol. The first kappa shape index (κ1) is 21.6. The summed E-state index contributed by atoms with van der Waals surface area (Å²) in [6.07, 6.45) is 0.203. The molecule has 2 aromatic carbocycles. The third kappa shape index (κ3) is 5.73. The van der Waals surface area contributed by atoms with Gasteiger partial charge in [-0.15, -0.1) is 0 Å². The molecule has 1 unspecified atom stereocenters. The normalized spacial score (nSPS) is 17.6. The van der Waals surface area contributed by atoms with Crippen LogP contribution in [0.3, 0.4) is 0 Å². The fraction of sp³-hybridized carbons (Fsp3) is 0.346. The van der Waals surface area contributed by atoms with E-state index in [2.05, 4.69) is 41.1 Å². The van der Waals surface area contributed by atoms with E-state index in [0.717, 1.165) is 49.8 Å². The SMILES string of the molecule is Cc1cccc(CN2CCCC(c3ccc(Cc4cccc(C(F)(F)F)c4)cn3)C2)c1. The number of rotatable bonds is 5. The van der Waals surface area contributed by atoms with Crippen LogP contribution in [-0.2, 0) is 19.1 Å². The van der Waals surface area contributed by atoms with Crippen LogP contribution >= 0.6 is 0 Å². The fourth-order valence-corrected chi connectivity index (χ4v) is 4.38. The summed E-state index contributed by atoms with van der Waals surface area (Å²) in [5, 5.41) is 0. The lowest BCUT2D eigenvalue weighted by atomic mass is 9.93. The van der Waals surface area contributed by atoms with Gasteiger partial charge in [0.2, 0.25) is 0 Å². The Morgan fingerprint density at radius 1 is 0.968 bits per heavy atom. The number of halogens is 3. The maximum absolute atomic E-state index is 12.9. The maximum Gasteiger partial charge on any atom is 0.416 e. The van der Waals surface area contributed by atoms with E-state index in [0.29, 0.717) is 17.9 Å². The number of alkyl halides is 3. The zero-order chi connectivity index (χ0) is 21.8. The molecule has 0 saturated carbocycles. The molecule has 1 fully saturated rings. The summed E-state index contributed by atoms with van der Waals surface area (Å²) in [7, 11) is 0. The zero-order valence-corrected chi connectivity index (χ0v) is 17.7. The van der Waals surface area contributed by atoms with E-state index < -0.39 is 11.7 Å². The van der Waals surface area contributed by atoms with Crippen molar-refractivity contribution in [1.82, 2.24) is 9.88 Å². The summed E-state index contributed by atoms with van der Waals surface area (Å²) in [4.78, 5) is 7.16. The van der Waals surface area contributed by atoms with Gasteiger partial charge < -0.3 is 0 Å². The number of aryl methyl sites for hydroxylation is 1. The number of aromatic nitrogens is 1. The molecule has 1 atom stereocenters. The molecule has 3 aromatic rings. The van der Waals surface area contributed by atoms with Gasteiger partial charge in [0.05, 0.1) is 5.56 Å². The second-order valence-corrected chi connectivity index (χ2v) is 8.53. The zero-order valence-electron chi connectivity index (χ0n) is 17.7. The molecular weight excluding hydrogens is 397 g/mol. The smallest absolute Gasteiger partial charge is 0.298 e. The summed E-state index contributed by atoms with van der Waals surface area (Å²) in [6.45, 7) is 5.14. The highest BCUT2D eigenvalue weighted by molar-refractivity contribution is 5.31.